The molecule has 1 saturated heterocycles. The predicted molar refractivity (Wildman–Crippen MR) is 74.5 cm³/mol. The third kappa shape index (κ3) is 4.97. The number of carbonyl (C=O) groups excluding carboxylic acids is 1. The second-order valence-electron chi connectivity index (χ2n) is 5.97. The van der Waals surface area contributed by atoms with Crippen molar-refractivity contribution in [2.75, 3.05) is 13.1 Å². The Kier molecular flexibility index (Phi) is 5.98. The minimum absolute atomic E-state index is 0.263. The Balaban J connectivity index is 1.49. The molecule has 2 fully saturated rings. The average Bonchev–Trinajstić information content (AvgIpc) is 2.91. The van der Waals surface area contributed by atoms with Crippen LogP contribution < -0.4 is 10.6 Å². The minimum atomic E-state index is 0.263. The first-order valence-electron chi connectivity index (χ1n) is 7.84. The average molecular weight is 252 g/mol. The van der Waals surface area contributed by atoms with E-state index in [-0.39, 0.29) is 5.91 Å². The molecule has 18 heavy (non-hydrogen) atoms. The van der Waals surface area contributed by atoms with Gasteiger partial charge in [0.25, 0.3) is 0 Å². The SMILES string of the molecule is O=C(CCC1CCCCC1)NCC[C@H]1CCCN1. The monoisotopic (exact) mass is 252 g/mol. The van der Waals surface area contributed by atoms with Gasteiger partial charge in [-0.05, 0) is 38.1 Å². The lowest BCUT2D eigenvalue weighted by Crippen LogP contribution is -2.30. The Morgan fingerprint density at radius 1 is 1.06 bits per heavy atom. The molecule has 2 rings (SSSR count). The third-order valence-corrected chi connectivity index (χ3v) is 4.48. The van der Waals surface area contributed by atoms with Gasteiger partial charge in [-0.25, -0.2) is 0 Å². The van der Waals surface area contributed by atoms with Gasteiger partial charge in [-0.1, -0.05) is 32.1 Å². The van der Waals surface area contributed by atoms with E-state index in [9.17, 15) is 4.79 Å². The lowest BCUT2D eigenvalue weighted by Gasteiger charge is -2.21. The van der Waals surface area contributed by atoms with Gasteiger partial charge in [-0.15, -0.1) is 0 Å². The molecule has 104 valence electrons. The number of hydrogen-bond acceptors (Lipinski definition) is 2. The van der Waals surface area contributed by atoms with Gasteiger partial charge in [0, 0.05) is 19.0 Å². The van der Waals surface area contributed by atoms with Crippen LogP contribution >= 0.6 is 0 Å². The molecule has 0 aromatic rings. The van der Waals surface area contributed by atoms with Gasteiger partial charge in [0.1, 0.15) is 0 Å². The largest absolute Gasteiger partial charge is 0.356 e. The van der Waals surface area contributed by atoms with Crippen molar-refractivity contribution in [3.63, 3.8) is 0 Å². The zero-order valence-electron chi connectivity index (χ0n) is 11.5. The van der Waals surface area contributed by atoms with Crippen molar-refractivity contribution >= 4 is 5.91 Å². The van der Waals surface area contributed by atoms with Gasteiger partial charge in [0.2, 0.25) is 5.91 Å². The summed E-state index contributed by atoms with van der Waals surface area (Å²) in [6.07, 6.45) is 12.3. The van der Waals surface area contributed by atoms with Crippen molar-refractivity contribution in [1.82, 2.24) is 10.6 Å². The molecular weight excluding hydrogens is 224 g/mol. The molecule has 2 aliphatic rings. The molecule has 0 radical (unpaired) electrons. The molecule has 3 nitrogen and oxygen atoms in total. The van der Waals surface area contributed by atoms with E-state index in [0.717, 1.165) is 38.3 Å². The maximum absolute atomic E-state index is 11.7. The Hall–Kier alpha value is -0.570. The highest BCUT2D eigenvalue weighted by Crippen LogP contribution is 2.27. The Bertz CT molecular complexity index is 243. The maximum atomic E-state index is 11.7. The van der Waals surface area contributed by atoms with Gasteiger partial charge in [0.05, 0.1) is 0 Å². The van der Waals surface area contributed by atoms with Crippen molar-refractivity contribution < 1.29 is 4.79 Å². The molecule has 1 aliphatic heterocycles. The van der Waals surface area contributed by atoms with Crippen LogP contribution in [0.4, 0.5) is 0 Å². The molecule has 0 aromatic heterocycles. The van der Waals surface area contributed by atoms with Crippen molar-refractivity contribution in [3.05, 3.63) is 0 Å². The molecule has 1 heterocycles. The van der Waals surface area contributed by atoms with Crippen LogP contribution in [0.2, 0.25) is 0 Å². The summed E-state index contributed by atoms with van der Waals surface area (Å²) in [5.41, 5.74) is 0. The van der Waals surface area contributed by atoms with Crippen molar-refractivity contribution in [1.29, 1.82) is 0 Å². The first kappa shape index (κ1) is 13.9. The molecule has 3 heteroatoms. The first-order valence-corrected chi connectivity index (χ1v) is 7.84. The Labute approximate surface area is 111 Å². The molecule has 0 unspecified atom stereocenters. The van der Waals surface area contributed by atoms with E-state index in [1.54, 1.807) is 0 Å². The molecule has 0 aromatic carbocycles. The molecule has 0 spiro atoms. The Morgan fingerprint density at radius 2 is 1.89 bits per heavy atom. The van der Waals surface area contributed by atoms with E-state index in [4.69, 9.17) is 0 Å². The summed E-state index contributed by atoms with van der Waals surface area (Å²) < 4.78 is 0. The summed E-state index contributed by atoms with van der Waals surface area (Å²) >= 11 is 0. The summed E-state index contributed by atoms with van der Waals surface area (Å²) in [5.74, 6) is 1.08. The van der Waals surface area contributed by atoms with Gasteiger partial charge in [-0.2, -0.15) is 0 Å². The summed E-state index contributed by atoms with van der Waals surface area (Å²) in [4.78, 5) is 11.7. The lowest BCUT2D eigenvalue weighted by atomic mass is 9.86. The van der Waals surface area contributed by atoms with Crippen LogP contribution in [0.15, 0.2) is 0 Å². The molecule has 1 amide bonds. The predicted octanol–water partition coefficient (Wildman–Crippen LogP) is 2.61. The van der Waals surface area contributed by atoms with Gasteiger partial charge >= 0.3 is 0 Å². The maximum Gasteiger partial charge on any atom is 0.220 e. The highest BCUT2D eigenvalue weighted by atomic mass is 16.1. The van der Waals surface area contributed by atoms with E-state index < -0.39 is 0 Å². The number of carbonyl (C=O) groups is 1. The van der Waals surface area contributed by atoms with E-state index >= 15 is 0 Å². The fourth-order valence-corrected chi connectivity index (χ4v) is 3.29. The molecule has 1 atom stereocenters. The van der Waals surface area contributed by atoms with Crippen LogP contribution in [0, 0.1) is 5.92 Å². The fourth-order valence-electron chi connectivity index (χ4n) is 3.29. The zero-order chi connectivity index (χ0) is 12.6. The third-order valence-electron chi connectivity index (χ3n) is 4.48. The van der Waals surface area contributed by atoms with Crippen LogP contribution in [-0.4, -0.2) is 25.0 Å². The minimum Gasteiger partial charge on any atom is -0.356 e. The van der Waals surface area contributed by atoms with Crippen LogP contribution in [-0.2, 0) is 4.79 Å². The molecule has 0 bridgehead atoms. The van der Waals surface area contributed by atoms with Gasteiger partial charge in [0.15, 0.2) is 0 Å². The summed E-state index contributed by atoms with van der Waals surface area (Å²) in [7, 11) is 0. The van der Waals surface area contributed by atoms with E-state index in [0.29, 0.717) is 6.04 Å². The van der Waals surface area contributed by atoms with Crippen LogP contribution in [0.3, 0.4) is 0 Å². The van der Waals surface area contributed by atoms with Gasteiger partial charge in [-0.3, -0.25) is 4.79 Å². The van der Waals surface area contributed by atoms with Crippen LogP contribution in [0.5, 0.6) is 0 Å². The second kappa shape index (κ2) is 7.78. The number of nitrogens with one attached hydrogen (secondary N) is 2. The highest BCUT2D eigenvalue weighted by Gasteiger charge is 2.16. The lowest BCUT2D eigenvalue weighted by molar-refractivity contribution is -0.121. The topological polar surface area (TPSA) is 41.1 Å². The van der Waals surface area contributed by atoms with E-state index in [1.807, 2.05) is 0 Å². The van der Waals surface area contributed by atoms with Crippen LogP contribution in [0.25, 0.3) is 0 Å². The molecule has 1 aliphatic carbocycles. The molecule has 2 N–H and O–H groups in total. The van der Waals surface area contributed by atoms with E-state index in [2.05, 4.69) is 10.6 Å². The number of hydrogen-bond donors (Lipinski definition) is 2. The van der Waals surface area contributed by atoms with Gasteiger partial charge < -0.3 is 10.6 Å². The fraction of sp³-hybridized carbons (Fsp3) is 0.933. The smallest absolute Gasteiger partial charge is 0.220 e. The zero-order valence-corrected chi connectivity index (χ0v) is 11.5. The van der Waals surface area contributed by atoms with Crippen molar-refractivity contribution in [3.8, 4) is 0 Å². The quantitative estimate of drug-likeness (QED) is 0.763. The number of amides is 1. The first-order chi connectivity index (χ1) is 8.84. The van der Waals surface area contributed by atoms with Crippen molar-refractivity contribution in [2.24, 2.45) is 5.92 Å². The molecule has 1 saturated carbocycles. The highest BCUT2D eigenvalue weighted by molar-refractivity contribution is 5.75. The second-order valence-corrected chi connectivity index (χ2v) is 5.97. The van der Waals surface area contributed by atoms with Crippen molar-refractivity contribution in [2.45, 2.75) is 70.3 Å². The Morgan fingerprint density at radius 3 is 2.61 bits per heavy atom. The summed E-state index contributed by atoms with van der Waals surface area (Å²) in [6, 6.07) is 0.642. The van der Waals surface area contributed by atoms with E-state index in [1.165, 1.54) is 44.9 Å². The molecular formula is C15H28N2O. The normalized spacial score (nSPS) is 25.2. The number of rotatable bonds is 6. The van der Waals surface area contributed by atoms with Crippen LogP contribution in [0.1, 0.15) is 64.2 Å². The summed E-state index contributed by atoms with van der Waals surface area (Å²) in [5, 5.41) is 6.53. The standard InChI is InChI=1S/C15H28N2O/c18-15(9-8-13-5-2-1-3-6-13)17-12-10-14-7-4-11-16-14/h13-14,16H,1-12H2,(H,17,18)/t14-/m1/s1. The summed E-state index contributed by atoms with van der Waals surface area (Å²) in [6.45, 7) is 2.00.